The Morgan fingerprint density at radius 1 is 1.42 bits per heavy atom. The first-order chi connectivity index (χ1) is 5.69. The summed E-state index contributed by atoms with van der Waals surface area (Å²) >= 11 is 0. The fourth-order valence-corrected chi connectivity index (χ4v) is 1.75. The summed E-state index contributed by atoms with van der Waals surface area (Å²) in [7, 11) is 0. The lowest BCUT2D eigenvalue weighted by molar-refractivity contribution is 0.205. The second kappa shape index (κ2) is 4.18. The van der Waals surface area contributed by atoms with Crippen LogP contribution in [0.25, 0.3) is 0 Å². The van der Waals surface area contributed by atoms with E-state index in [4.69, 9.17) is 17.2 Å². The summed E-state index contributed by atoms with van der Waals surface area (Å²) in [5.74, 6) is 0. The highest BCUT2D eigenvalue weighted by atomic mass is 15.1. The third-order valence-corrected chi connectivity index (χ3v) is 2.62. The van der Waals surface area contributed by atoms with Crippen LogP contribution in [0.2, 0.25) is 0 Å². The molecule has 2 atom stereocenters. The first kappa shape index (κ1) is 9.92. The van der Waals surface area contributed by atoms with Gasteiger partial charge in [0.1, 0.15) is 0 Å². The van der Waals surface area contributed by atoms with Crippen LogP contribution in [-0.4, -0.2) is 24.8 Å². The summed E-state index contributed by atoms with van der Waals surface area (Å²) in [4.78, 5) is 0. The van der Waals surface area contributed by atoms with Crippen molar-refractivity contribution in [2.24, 2.45) is 17.2 Å². The Morgan fingerprint density at radius 2 is 2.17 bits per heavy atom. The lowest BCUT2D eigenvalue weighted by Crippen LogP contribution is -2.66. The quantitative estimate of drug-likeness (QED) is 0.415. The molecule has 0 aromatic carbocycles. The number of rotatable bonds is 3. The van der Waals surface area contributed by atoms with Crippen LogP contribution in [0.5, 0.6) is 0 Å². The highest BCUT2D eigenvalue weighted by Gasteiger charge is 2.33. The minimum absolute atomic E-state index is 0.0813. The van der Waals surface area contributed by atoms with Crippen molar-refractivity contribution in [2.45, 2.75) is 37.4 Å². The zero-order valence-corrected chi connectivity index (χ0v) is 7.55. The molecule has 0 amide bonds. The summed E-state index contributed by atoms with van der Waals surface area (Å²) in [5.41, 5.74) is 17.1. The van der Waals surface area contributed by atoms with E-state index < -0.39 is 0 Å². The number of nitrogens with two attached hydrogens (primary N) is 3. The van der Waals surface area contributed by atoms with Crippen LogP contribution in [0.4, 0.5) is 0 Å². The Morgan fingerprint density at radius 3 is 2.75 bits per heavy atom. The predicted octanol–water partition coefficient (Wildman–Crippen LogP) is -0.909. The molecule has 1 fully saturated rings. The molecule has 0 spiro atoms. The van der Waals surface area contributed by atoms with Gasteiger partial charge in [0.2, 0.25) is 0 Å². The van der Waals surface area contributed by atoms with Gasteiger partial charge in [0.15, 0.2) is 0 Å². The first-order valence-corrected chi connectivity index (χ1v) is 4.68. The maximum Gasteiger partial charge on any atom is 0.0817 e. The third-order valence-electron chi connectivity index (χ3n) is 2.62. The third kappa shape index (κ3) is 2.17. The van der Waals surface area contributed by atoms with Gasteiger partial charge < -0.3 is 17.2 Å². The molecule has 0 aromatic heterocycles. The molecule has 1 aliphatic rings. The highest BCUT2D eigenvalue weighted by Crippen LogP contribution is 2.22. The van der Waals surface area contributed by atoms with E-state index in [0.717, 1.165) is 19.4 Å². The molecule has 0 radical (unpaired) electrons. The molecule has 1 saturated carbocycles. The van der Waals surface area contributed by atoms with Crippen molar-refractivity contribution in [2.75, 3.05) is 13.1 Å². The standard InChI is InChI=1S/C8H20N4/c9-5-6-12-8(11)4-2-1-3-7(8)10/h7,12H,1-6,9-11H2. The summed E-state index contributed by atoms with van der Waals surface area (Å²) in [5, 5.41) is 3.23. The van der Waals surface area contributed by atoms with Gasteiger partial charge in [-0.25, -0.2) is 0 Å². The summed E-state index contributed by atoms with van der Waals surface area (Å²) < 4.78 is 0. The molecule has 4 heteroatoms. The molecular weight excluding hydrogens is 152 g/mol. The zero-order chi connectivity index (χ0) is 9.03. The van der Waals surface area contributed by atoms with E-state index in [1.54, 1.807) is 0 Å². The van der Waals surface area contributed by atoms with Crippen LogP contribution in [-0.2, 0) is 0 Å². The number of nitrogens with one attached hydrogen (secondary N) is 1. The molecule has 4 nitrogen and oxygen atoms in total. The van der Waals surface area contributed by atoms with Gasteiger partial charge in [-0.3, -0.25) is 5.32 Å². The van der Waals surface area contributed by atoms with E-state index in [1.165, 1.54) is 12.8 Å². The van der Waals surface area contributed by atoms with Gasteiger partial charge in [-0.1, -0.05) is 12.8 Å². The average molecular weight is 172 g/mol. The topological polar surface area (TPSA) is 90.1 Å². The molecule has 12 heavy (non-hydrogen) atoms. The minimum Gasteiger partial charge on any atom is -0.329 e. The highest BCUT2D eigenvalue weighted by molar-refractivity contribution is 4.94. The van der Waals surface area contributed by atoms with E-state index in [9.17, 15) is 0 Å². The largest absolute Gasteiger partial charge is 0.329 e. The molecule has 2 unspecified atom stereocenters. The summed E-state index contributed by atoms with van der Waals surface area (Å²) in [6.07, 6.45) is 4.36. The van der Waals surface area contributed by atoms with Crippen molar-refractivity contribution < 1.29 is 0 Å². The molecule has 72 valence electrons. The van der Waals surface area contributed by atoms with Gasteiger partial charge in [-0.15, -0.1) is 0 Å². The molecule has 0 aromatic rings. The predicted molar refractivity (Wildman–Crippen MR) is 50.4 cm³/mol. The normalized spacial score (nSPS) is 36.8. The minimum atomic E-state index is -0.363. The average Bonchev–Trinajstić information content (AvgIpc) is 2.07. The SMILES string of the molecule is NCCNC1(N)CCCCC1N. The fraction of sp³-hybridized carbons (Fsp3) is 1.00. The van der Waals surface area contributed by atoms with Crippen LogP contribution in [0.15, 0.2) is 0 Å². The molecule has 0 aliphatic heterocycles. The molecule has 0 bridgehead atoms. The Balaban J connectivity index is 2.42. The summed E-state index contributed by atoms with van der Waals surface area (Å²) in [6.45, 7) is 1.37. The van der Waals surface area contributed by atoms with Crippen molar-refractivity contribution in [3.63, 3.8) is 0 Å². The maximum atomic E-state index is 6.10. The number of hydrogen-bond acceptors (Lipinski definition) is 4. The Labute approximate surface area is 73.9 Å². The Kier molecular flexibility index (Phi) is 3.46. The van der Waals surface area contributed by atoms with Gasteiger partial charge >= 0.3 is 0 Å². The molecule has 0 heterocycles. The first-order valence-electron chi connectivity index (χ1n) is 4.68. The van der Waals surface area contributed by atoms with Crippen LogP contribution in [0, 0.1) is 0 Å². The molecule has 0 saturated heterocycles. The molecule has 1 aliphatic carbocycles. The fourth-order valence-electron chi connectivity index (χ4n) is 1.75. The van der Waals surface area contributed by atoms with Crippen molar-refractivity contribution in [3.05, 3.63) is 0 Å². The van der Waals surface area contributed by atoms with Crippen molar-refractivity contribution in [3.8, 4) is 0 Å². The van der Waals surface area contributed by atoms with E-state index in [2.05, 4.69) is 5.32 Å². The second-order valence-corrected chi connectivity index (χ2v) is 3.61. The molecule has 1 rings (SSSR count). The monoisotopic (exact) mass is 172 g/mol. The van der Waals surface area contributed by atoms with Gasteiger partial charge in [0, 0.05) is 19.1 Å². The van der Waals surface area contributed by atoms with Crippen LogP contribution in [0.3, 0.4) is 0 Å². The van der Waals surface area contributed by atoms with Crippen LogP contribution >= 0.6 is 0 Å². The van der Waals surface area contributed by atoms with E-state index in [0.29, 0.717) is 6.54 Å². The molecular formula is C8H20N4. The van der Waals surface area contributed by atoms with Gasteiger partial charge in [-0.05, 0) is 12.8 Å². The van der Waals surface area contributed by atoms with Gasteiger partial charge in [-0.2, -0.15) is 0 Å². The summed E-state index contributed by atoms with van der Waals surface area (Å²) in [6, 6.07) is 0.0813. The van der Waals surface area contributed by atoms with Gasteiger partial charge in [0.25, 0.3) is 0 Å². The molecule has 7 N–H and O–H groups in total. The van der Waals surface area contributed by atoms with E-state index in [1.807, 2.05) is 0 Å². The second-order valence-electron chi connectivity index (χ2n) is 3.61. The van der Waals surface area contributed by atoms with Crippen molar-refractivity contribution >= 4 is 0 Å². The van der Waals surface area contributed by atoms with Crippen molar-refractivity contribution in [1.82, 2.24) is 5.32 Å². The Hall–Kier alpha value is -0.160. The zero-order valence-electron chi connectivity index (χ0n) is 7.55. The smallest absolute Gasteiger partial charge is 0.0817 e. The lowest BCUT2D eigenvalue weighted by Gasteiger charge is -2.39. The van der Waals surface area contributed by atoms with Crippen LogP contribution in [0.1, 0.15) is 25.7 Å². The van der Waals surface area contributed by atoms with E-state index >= 15 is 0 Å². The number of hydrogen-bond donors (Lipinski definition) is 4. The lowest BCUT2D eigenvalue weighted by atomic mass is 9.85. The maximum absolute atomic E-state index is 6.10. The van der Waals surface area contributed by atoms with E-state index in [-0.39, 0.29) is 11.7 Å². The van der Waals surface area contributed by atoms with Crippen molar-refractivity contribution in [1.29, 1.82) is 0 Å². The Bertz CT molecular complexity index is 139. The van der Waals surface area contributed by atoms with Gasteiger partial charge in [0.05, 0.1) is 5.66 Å². The van der Waals surface area contributed by atoms with Crippen LogP contribution < -0.4 is 22.5 Å².